The highest BCUT2D eigenvalue weighted by atomic mass is 16.6. The minimum atomic E-state index is -1.13. The molecule has 0 aromatic carbocycles. The lowest BCUT2D eigenvalue weighted by Crippen LogP contribution is -2.55. The molecule has 0 heterocycles. The number of likely N-dealkylation sites (N-methyl/N-ethyl adjacent to an activating group) is 1. The Hall–Kier alpha value is -2.97. The van der Waals surface area contributed by atoms with Crippen molar-refractivity contribution in [3.8, 4) is 0 Å². The predicted molar refractivity (Wildman–Crippen MR) is 277 cm³/mol. The molecule has 8 heteroatoms. The molecular formula is C58H103NO7. The Bertz CT molecular complexity index is 1260. The minimum Gasteiger partial charge on any atom is -0.544 e. The lowest BCUT2D eigenvalue weighted by molar-refractivity contribution is -0.889. The summed E-state index contributed by atoms with van der Waals surface area (Å²) in [5.41, 5.74) is 0. The van der Waals surface area contributed by atoms with Gasteiger partial charge >= 0.3 is 11.9 Å². The lowest BCUT2D eigenvalue weighted by atomic mass is 10.0. The van der Waals surface area contributed by atoms with Crippen molar-refractivity contribution in [2.45, 2.75) is 251 Å². The summed E-state index contributed by atoms with van der Waals surface area (Å²) < 4.78 is 17.3. The molecule has 66 heavy (non-hydrogen) atoms. The number of hydrogen-bond donors (Lipinski definition) is 0. The predicted octanol–water partition coefficient (Wildman–Crippen LogP) is 14.8. The fourth-order valence-corrected chi connectivity index (χ4v) is 7.94. The molecule has 0 rings (SSSR count). The van der Waals surface area contributed by atoms with Gasteiger partial charge < -0.3 is 28.6 Å². The zero-order valence-electron chi connectivity index (χ0n) is 43.6. The fraction of sp³-hybridized carbons (Fsp3) is 0.776. The van der Waals surface area contributed by atoms with Gasteiger partial charge in [0.25, 0.3) is 0 Å². The third kappa shape index (κ3) is 46.2. The molecule has 0 aliphatic heterocycles. The van der Waals surface area contributed by atoms with Crippen LogP contribution in [0.1, 0.15) is 239 Å². The standard InChI is InChI=1S/C58H103NO7/c1-6-8-10-12-14-16-18-20-22-24-26-27-28-29-31-33-35-37-39-41-43-45-47-49-57(61)66-54(52-64-51-50-55(58(62)63)59(3,4)5)53-65-56(60)48-46-44-42-40-38-36-34-32-30-25-23-21-19-17-15-13-11-9-7-2/h8,10,14,16,20,22,25-27,30,54-55H,6-7,9,11-13,15,17-19,21,23-24,28-29,31-53H2,1-5H3/b10-8+,16-14+,22-20+,27-26+,30-25+. The summed E-state index contributed by atoms with van der Waals surface area (Å²) >= 11 is 0. The lowest BCUT2D eigenvalue weighted by Gasteiger charge is -2.34. The number of carboxylic acid groups (broad SMARTS) is 1. The van der Waals surface area contributed by atoms with Gasteiger partial charge in [0.15, 0.2) is 6.10 Å². The van der Waals surface area contributed by atoms with Crippen LogP contribution in [-0.2, 0) is 28.6 Å². The van der Waals surface area contributed by atoms with Crippen molar-refractivity contribution in [2.75, 3.05) is 41.0 Å². The Morgan fingerprint density at radius 2 is 0.848 bits per heavy atom. The molecule has 0 bridgehead atoms. The van der Waals surface area contributed by atoms with Gasteiger partial charge in [0.1, 0.15) is 12.6 Å². The van der Waals surface area contributed by atoms with E-state index < -0.39 is 18.1 Å². The van der Waals surface area contributed by atoms with Crippen LogP contribution in [0.5, 0.6) is 0 Å². The first-order valence-corrected chi connectivity index (χ1v) is 27.3. The number of carbonyl (C=O) groups excluding carboxylic acids is 3. The molecule has 0 saturated heterocycles. The number of unbranched alkanes of at least 4 members (excludes halogenated alkanes) is 25. The first-order valence-electron chi connectivity index (χ1n) is 27.3. The Labute approximate surface area is 407 Å². The van der Waals surface area contributed by atoms with Gasteiger partial charge in [0, 0.05) is 19.3 Å². The van der Waals surface area contributed by atoms with Gasteiger partial charge in [-0.1, -0.05) is 203 Å². The smallest absolute Gasteiger partial charge is 0.306 e. The minimum absolute atomic E-state index is 0.0371. The third-order valence-electron chi connectivity index (χ3n) is 12.1. The molecule has 0 spiro atoms. The van der Waals surface area contributed by atoms with E-state index in [1.54, 1.807) is 21.1 Å². The summed E-state index contributed by atoms with van der Waals surface area (Å²) in [6, 6.07) is -0.729. The average Bonchev–Trinajstić information content (AvgIpc) is 3.28. The van der Waals surface area contributed by atoms with Crippen molar-refractivity contribution in [3.05, 3.63) is 60.8 Å². The number of aliphatic carboxylic acids is 1. The van der Waals surface area contributed by atoms with Crippen LogP contribution in [0.25, 0.3) is 0 Å². The molecule has 0 aromatic rings. The molecule has 2 atom stereocenters. The Balaban J connectivity index is 4.22. The first kappa shape index (κ1) is 63.0. The summed E-state index contributed by atoms with van der Waals surface area (Å²) in [7, 11) is 5.42. The van der Waals surface area contributed by atoms with Crippen LogP contribution >= 0.6 is 0 Å². The largest absolute Gasteiger partial charge is 0.544 e. The molecule has 0 fully saturated rings. The second kappa shape index (κ2) is 48.5. The molecule has 382 valence electrons. The van der Waals surface area contributed by atoms with E-state index in [1.807, 2.05) is 0 Å². The fourth-order valence-electron chi connectivity index (χ4n) is 7.94. The quantitative estimate of drug-likeness (QED) is 0.0259. The third-order valence-corrected chi connectivity index (χ3v) is 12.1. The number of ether oxygens (including phenoxy) is 3. The van der Waals surface area contributed by atoms with E-state index in [9.17, 15) is 19.5 Å². The second-order valence-corrected chi connectivity index (χ2v) is 19.4. The summed E-state index contributed by atoms with van der Waals surface area (Å²) in [6.45, 7) is 4.57. The van der Waals surface area contributed by atoms with Crippen molar-refractivity contribution >= 4 is 17.9 Å². The molecule has 2 unspecified atom stereocenters. The highest BCUT2D eigenvalue weighted by Gasteiger charge is 2.25. The number of esters is 2. The summed E-state index contributed by atoms with van der Waals surface area (Å²) in [5, 5.41) is 11.7. The van der Waals surface area contributed by atoms with Gasteiger partial charge in [-0.3, -0.25) is 9.59 Å². The van der Waals surface area contributed by atoms with Crippen LogP contribution in [0, 0.1) is 0 Å². The van der Waals surface area contributed by atoms with Crippen LogP contribution in [0.3, 0.4) is 0 Å². The van der Waals surface area contributed by atoms with Crippen LogP contribution in [0.15, 0.2) is 60.8 Å². The Morgan fingerprint density at radius 3 is 1.27 bits per heavy atom. The van der Waals surface area contributed by atoms with E-state index in [2.05, 4.69) is 74.6 Å². The van der Waals surface area contributed by atoms with Gasteiger partial charge in [-0.2, -0.15) is 0 Å². The average molecular weight is 926 g/mol. The van der Waals surface area contributed by atoms with E-state index in [-0.39, 0.29) is 42.7 Å². The van der Waals surface area contributed by atoms with Crippen molar-refractivity contribution in [1.82, 2.24) is 0 Å². The Kier molecular flexibility index (Phi) is 46.3. The van der Waals surface area contributed by atoms with E-state index >= 15 is 0 Å². The van der Waals surface area contributed by atoms with Crippen LogP contribution in [-0.4, -0.2) is 75.5 Å². The second-order valence-electron chi connectivity index (χ2n) is 19.4. The zero-order valence-corrected chi connectivity index (χ0v) is 43.6. The number of hydrogen-bond acceptors (Lipinski definition) is 7. The number of quaternary nitrogens is 1. The number of allylic oxidation sites excluding steroid dienone is 10. The van der Waals surface area contributed by atoms with Crippen LogP contribution in [0.2, 0.25) is 0 Å². The Morgan fingerprint density at radius 1 is 0.470 bits per heavy atom. The van der Waals surface area contributed by atoms with Gasteiger partial charge in [-0.15, -0.1) is 0 Å². The number of carboxylic acids is 1. The monoisotopic (exact) mass is 926 g/mol. The molecule has 0 saturated carbocycles. The number of rotatable bonds is 49. The van der Waals surface area contributed by atoms with E-state index in [4.69, 9.17) is 14.2 Å². The maximum absolute atomic E-state index is 12.8. The van der Waals surface area contributed by atoms with Gasteiger partial charge in [0.05, 0.1) is 40.3 Å². The van der Waals surface area contributed by atoms with Gasteiger partial charge in [-0.25, -0.2) is 0 Å². The van der Waals surface area contributed by atoms with E-state index in [1.165, 1.54) is 141 Å². The highest BCUT2D eigenvalue weighted by Crippen LogP contribution is 2.15. The number of carbonyl (C=O) groups is 3. The maximum atomic E-state index is 12.8. The molecular weight excluding hydrogens is 823 g/mol. The topological polar surface area (TPSA) is 102 Å². The van der Waals surface area contributed by atoms with E-state index in [0.717, 1.165) is 64.2 Å². The van der Waals surface area contributed by atoms with Crippen LogP contribution in [0.4, 0.5) is 0 Å². The molecule has 0 aromatic heterocycles. The van der Waals surface area contributed by atoms with Crippen molar-refractivity contribution in [3.63, 3.8) is 0 Å². The van der Waals surface area contributed by atoms with Gasteiger partial charge in [0.2, 0.25) is 0 Å². The molecule has 0 N–H and O–H groups in total. The molecule has 8 nitrogen and oxygen atoms in total. The van der Waals surface area contributed by atoms with Gasteiger partial charge in [-0.05, 0) is 77.0 Å². The number of nitrogens with zero attached hydrogens (tertiary/aromatic N) is 1. The van der Waals surface area contributed by atoms with Crippen molar-refractivity contribution in [1.29, 1.82) is 0 Å². The maximum Gasteiger partial charge on any atom is 0.306 e. The summed E-state index contributed by atoms with van der Waals surface area (Å²) in [6.07, 6.45) is 61.1. The van der Waals surface area contributed by atoms with E-state index in [0.29, 0.717) is 12.8 Å². The summed E-state index contributed by atoms with van der Waals surface area (Å²) in [5.74, 6) is -1.74. The SMILES string of the molecule is CC/C=C/C/C=C/C/C=C/C/C=C/CCCCCCCCCCCCC(=O)OC(COCCC(C(=O)[O-])[N+](C)(C)C)COC(=O)CCCCCCCCC/C=C/CCCCCCCCCC. The molecule has 0 radical (unpaired) electrons. The molecule has 0 aliphatic rings. The van der Waals surface area contributed by atoms with Crippen molar-refractivity contribution < 1.29 is 38.2 Å². The highest BCUT2D eigenvalue weighted by molar-refractivity contribution is 5.70. The molecule has 0 amide bonds. The van der Waals surface area contributed by atoms with Crippen LogP contribution < -0.4 is 5.11 Å². The normalized spacial score (nSPS) is 13.3. The summed E-state index contributed by atoms with van der Waals surface area (Å²) in [4.78, 5) is 37.1. The first-order chi connectivity index (χ1) is 32.1. The van der Waals surface area contributed by atoms with Crippen molar-refractivity contribution in [2.24, 2.45) is 0 Å². The zero-order chi connectivity index (χ0) is 48.4. The molecule has 0 aliphatic carbocycles.